The second-order valence-corrected chi connectivity index (χ2v) is 6.05. The first kappa shape index (κ1) is 19.5. The van der Waals surface area contributed by atoms with Gasteiger partial charge in [-0.1, -0.05) is 60.7 Å². The fourth-order valence-corrected chi connectivity index (χ4v) is 2.96. The number of carbonyl (C=O) groups is 2. The quantitative estimate of drug-likeness (QED) is 0.763. The number of carbonyl (C=O) groups excluding carboxylic acids is 2. The van der Waals surface area contributed by atoms with E-state index < -0.39 is 6.09 Å². The number of alkyl carbamates (subject to hydrolysis) is 1. The Morgan fingerprint density at radius 2 is 1.50 bits per heavy atom. The molecular weight excluding hydrogens is 328 g/mol. The molecule has 2 N–H and O–H groups in total. The Morgan fingerprint density at radius 3 is 2.00 bits per heavy atom. The third kappa shape index (κ3) is 5.92. The van der Waals surface area contributed by atoms with Crippen molar-refractivity contribution < 1.29 is 14.3 Å². The summed E-state index contributed by atoms with van der Waals surface area (Å²) in [4.78, 5) is 23.5. The maximum absolute atomic E-state index is 12.3. The van der Waals surface area contributed by atoms with Crippen LogP contribution in [0.3, 0.4) is 0 Å². The molecule has 0 saturated carbocycles. The number of nitrogens with one attached hydrogen (secondary N) is 2. The predicted molar refractivity (Wildman–Crippen MR) is 102 cm³/mol. The van der Waals surface area contributed by atoms with Crippen LogP contribution in [0.2, 0.25) is 0 Å². The summed E-state index contributed by atoms with van der Waals surface area (Å²) in [6, 6.07) is 20.2. The molecule has 138 valence electrons. The van der Waals surface area contributed by atoms with Crippen molar-refractivity contribution in [2.24, 2.45) is 0 Å². The molecule has 0 aliphatic heterocycles. The molecular formula is C21H26N2O3. The van der Waals surface area contributed by atoms with Crippen molar-refractivity contribution in [1.82, 2.24) is 10.6 Å². The maximum atomic E-state index is 12.3. The Kier molecular flexibility index (Phi) is 7.68. The zero-order chi connectivity index (χ0) is 18.8. The van der Waals surface area contributed by atoms with E-state index in [0.717, 1.165) is 11.1 Å². The Bertz CT molecular complexity index is 649. The van der Waals surface area contributed by atoms with Crippen molar-refractivity contribution in [1.29, 1.82) is 0 Å². The summed E-state index contributed by atoms with van der Waals surface area (Å²) in [6.45, 7) is 4.30. The number of hydrogen-bond acceptors (Lipinski definition) is 3. The number of rotatable bonds is 8. The van der Waals surface area contributed by atoms with Crippen molar-refractivity contribution in [2.75, 3.05) is 13.2 Å². The van der Waals surface area contributed by atoms with Gasteiger partial charge in [0.05, 0.1) is 6.61 Å². The molecule has 2 amide bonds. The van der Waals surface area contributed by atoms with E-state index in [0.29, 0.717) is 6.61 Å². The third-order valence-electron chi connectivity index (χ3n) is 4.10. The number of benzene rings is 2. The highest BCUT2D eigenvalue weighted by Gasteiger charge is 2.22. The molecule has 0 heterocycles. The van der Waals surface area contributed by atoms with E-state index in [2.05, 4.69) is 34.9 Å². The second kappa shape index (κ2) is 10.2. The standard InChI is InChI=1S/C21H26N2O3/c1-3-26-21(25)22-15-14-19(24)23-16(2)20(17-10-6-4-7-11-17)18-12-8-5-9-13-18/h4-13,16,20H,3,14-15H2,1-2H3,(H,22,25)(H,23,24). The van der Waals surface area contributed by atoms with E-state index in [-0.39, 0.29) is 30.8 Å². The van der Waals surface area contributed by atoms with Gasteiger partial charge in [0.2, 0.25) is 5.91 Å². The summed E-state index contributed by atoms with van der Waals surface area (Å²) >= 11 is 0. The molecule has 1 atom stereocenters. The van der Waals surface area contributed by atoms with Crippen LogP contribution in [0.1, 0.15) is 37.3 Å². The molecule has 2 rings (SSSR count). The van der Waals surface area contributed by atoms with E-state index in [9.17, 15) is 9.59 Å². The van der Waals surface area contributed by atoms with Crippen LogP contribution < -0.4 is 10.6 Å². The van der Waals surface area contributed by atoms with Gasteiger partial charge in [-0.05, 0) is 25.0 Å². The van der Waals surface area contributed by atoms with Gasteiger partial charge in [-0.25, -0.2) is 4.79 Å². The summed E-state index contributed by atoms with van der Waals surface area (Å²) < 4.78 is 4.78. The summed E-state index contributed by atoms with van der Waals surface area (Å²) in [5, 5.41) is 5.61. The number of ether oxygens (including phenoxy) is 1. The van der Waals surface area contributed by atoms with Gasteiger partial charge in [-0.2, -0.15) is 0 Å². The molecule has 1 unspecified atom stereocenters. The smallest absolute Gasteiger partial charge is 0.407 e. The normalized spacial score (nSPS) is 11.7. The summed E-state index contributed by atoms with van der Waals surface area (Å²) in [5.74, 6) is -0.0504. The molecule has 0 fully saturated rings. The van der Waals surface area contributed by atoms with Crippen LogP contribution in [-0.4, -0.2) is 31.2 Å². The Morgan fingerprint density at radius 1 is 0.962 bits per heavy atom. The average molecular weight is 354 g/mol. The monoisotopic (exact) mass is 354 g/mol. The fraction of sp³-hybridized carbons (Fsp3) is 0.333. The predicted octanol–water partition coefficient (Wildman–Crippen LogP) is 3.46. The Balaban J connectivity index is 2.00. The van der Waals surface area contributed by atoms with Gasteiger partial charge in [0, 0.05) is 24.9 Å². The van der Waals surface area contributed by atoms with E-state index in [1.54, 1.807) is 6.92 Å². The molecule has 5 heteroatoms. The SMILES string of the molecule is CCOC(=O)NCCC(=O)NC(C)C(c1ccccc1)c1ccccc1. The molecule has 2 aromatic rings. The molecule has 2 aromatic carbocycles. The van der Waals surface area contributed by atoms with Crippen LogP contribution in [-0.2, 0) is 9.53 Å². The van der Waals surface area contributed by atoms with Crippen molar-refractivity contribution in [3.63, 3.8) is 0 Å². The first-order chi connectivity index (χ1) is 12.6. The third-order valence-corrected chi connectivity index (χ3v) is 4.10. The highest BCUT2D eigenvalue weighted by Crippen LogP contribution is 2.27. The second-order valence-electron chi connectivity index (χ2n) is 6.05. The highest BCUT2D eigenvalue weighted by atomic mass is 16.5. The maximum Gasteiger partial charge on any atom is 0.407 e. The topological polar surface area (TPSA) is 67.4 Å². The summed E-state index contributed by atoms with van der Waals surface area (Å²) in [6.07, 6.45) is -0.292. The van der Waals surface area contributed by atoms with E-state index in [4.69, 9.17) is 4.74 Å². The lowest BCUT2D eigenvalue weighted by Crippen LogP contribution is -2.39. The first-order valence-electron chi connectivity index (χ1n) is 8.91. The van der Waals surface area contributed by atoms with Gasteiger partial charge in [-0.3, -0.25) is 4.79 Å². The van der Waals surface area contributed by atoms with Crippen molar-refractivity contribution >= 4 is 12.0 Å². The lowest BCUT2D eigenvalue weighted by Gasteiger charge is -2.26. The zero-order valence-electron chi connectivity index (χ0n) is 15.3. The minimum Gasteiger partial charge on any atom is -0.450 e. The van der Waals surface area contributed by atoms with Gasteiger partial charge in [0.15, 0.2) is 0 Å². The van der Waals surface area contributed by atoms with Gasteiger partial charge in [0.25, 0.3) is 0 Å². The molecule has 0 aliphatic rings. The molecule has 26 heavy (non-hydrogen) atoms. The molecule has 0 aliphatic carbocycles. The van der Waals surface area contributed by atoms with Gasteiger partial charge < -0.3 is 15.4 Å². The van der Waals surface area contributed by atoms with Crippen molar-refractivity contribution in [3.8, 4) is 0 Å². The first-order valence-corrected chi connectivity index (χ1v) is 8.91. The lowest BCUT2D eigenvalue weighted by atomic mass is 9.86. The molecule has 0 saturated heterocycles. The zero-order valence-corrected chi connectivity index (χ0v) is 15.3. The average Bonchev–Trinajstić information content (AvgIpc) is 2.64. The minimum absolute atomic E-state index is 0.0550. The highest BCUT2D eigenvalue weighted by molar-refractivity contribution is 5.77. The van der Waals surface area contributed by atoms with Crippen molar-refractivity contribution in [3.05, 3.63) is 71.8 Å². The van der Waals surface area contributed by atoms with Crippen LogP contribution in [0.15, 0.2) is 60.7 Å². The Hall–Kier alpha value is -2.82. The minimum atomic E-state index is -0.500. The van der Waals surface area contributed by atoms with Crippen LogP contribution >= 0.6 is 0 Å². The van der Waals surface area contributed by atoms with Gasteiger partial charge in [-0.15, -0.1) is 0 Å². The van der Waals surface area contributed by atoms with Gasteiger partial charge in [0.1, 0.15) is 0 Å². The molecule has 0 bridgehead atoms. The summed E-state index contributed by atoms with van der Waals surface area (Å²) in [7, 11) is 0. The van der Waals surface area contributed by atoms with Crippen LogP contribution in [0.5, 0.6) is 0 Å². The number of amides is 2. The lowest BCUT2D eigenvalue weighted by molar-refractivity contribution is -0.121. The van der Waals surface area contributed by atoms with E-state index in [1.165, 1.54) is 0 Å². The Labute approximate surface area is 154 Å². The van der Waals surface area contributed by atoms with E-state index in [1.807, 2.05) is 43.3 Å². The summed E-state index contributed by atoms with van der Waals surface area (Å²) in [5.41, 5.74) is 2.30. The van der Waals surface area contributed by atoms with Crippen LogP contribution in [0, 0.1) is 0 Å². The number of hydrogen-bond donors (Lipinski definition) is 2. The van der Waals surface area contributed by atoms with Crippen LogP contribution in [0.25, 0.3) is 0 Å². The molecule has 0 aromatic heterocycles. The largest absolute Gasteiger partial charge is 0.450 e. The van der Waals surface area contributed by atoms with Crippen LogP contribution in [0.4, 0.5) is 4.79 Å². The molecule has 5 nitrogen and oxygen atoms in total. The van der Waals surface area contributed by atoms with Crippen molar-refractivity contribution in [2.45, 2.75) is 32.2 Å². The van der Waals surface area contributed by atoms with Gasteiger partial charge >= 0.3 is 6.09 Å². The molecule has 0 radical (unpaired) electrons. The van der Waals surface area contributed by atoms with E-state index >= 15 is 0 Å². The molecule has 0 spiro atoms. The fourth-order valence-electron chi connectivity index (χ4n) is 2.96.